The van der Waals surface area contributed by atoms with Gasteiger partial charge in [-0.05, 0) is 42.0 Å². The van der Waals surface area contributed by atoms with E-state index in [0.29, 0.717) is 55.6 Å². The molecule has 0 N–H and O–H groups in total. The van der Waals surface area contributed by atoms with E-state index in [0.717, 1.165) is 5.56 Å². The van der Waals surface area contributed by atoms with E-state index in [9.17, 15) is 14.0 Å². The first-order valence-corrected chi connectivity index (χ1v) is 10.8. The van der Waals surface area contributed by atoms with E-state index in [4.69, 9.17) is 16.3 Å². The van der Waals surface area contributed by atoms with Crippen molar-refractivity contribution in [3.8, 4) is 5.75 Å². The molecule has 2 aliphatic heterocycles. The summed E-state index contributed by atoms with van der Waals surface area (Å²) < 4.78 is 18.9. The molecule has 2 aromatic rings. The van der Waals surface area contributed by atoms with Crippen LogP contribution in [0.25, 0.3) is 0 Å². The van der Waals surface area contributed by atoms with Crippen molar-refractivity contribution in [3.05, 3.63) is 58.9 Å². The van der Waals surface area contributed by atoms with Crippen LogP contribution >= 0.6 is 11.6 Å². The molecule has 32 heavy (non-hydrogen) atoms. The Balaban J connectivity index is 1.37. The molecule has 2 amide bonds. The first-order chi connectivity index (χ1) is 15.4. The van der Waals surface area contributed by atoms with Gasteiger partial charge in [0.15, 0.2) is 11.6 Å². The summed E-state index contributed by atoms with van der Waals surface area (Å²) in [4.78, 5) is 29.3. The minimum atomic E-state index is -0.381. The van der Waals surface area contributed by atoms with Crippen LogP contribution in [0.1, 0.15) is 18.4 Å². The molecule has 0 aliphatic carbocycles. The Hall–Kier alpha value is -2.97. The van der Waals surface area contributed by atoms with Crippen molar-refractivity contribution in [2.45, 2.75) is 19.4 Å². The predicted molar refractivity (Wildman–Crippen MR) is 120 cm³/mol. The topological polar surface area (TPSA) is 65.5 Å². The molecule has 168 valence electrons. The average Bonchev–Trinajstić information content (AvgIpc) is 2.80. The van der Waals surface area contributed by atoms with Crippen LogP contribution < -0.4 is 9.75 Å². The molecular weight excluding hydrogens is 435 g/mol. The van der Waals surface area contributed by atoms with Crippen LogP contribution in [0.4, 0.5) is 10.1 Å². The fourth-order valence-electron chi connectivity index (χ4n) is 3.85. The van der Waals surface area contributed by atoms with Gasteiger partial charge in [-0.2, -0.15) is 5.10 Å². The predicted octanol–water partition coefficient (Wildman–Crippen LogP) is 3.31. The second-order valence-electron chi connectivity index (χ2n) is 7.77. The van der Waals surface area contributed by atoms with Crippen molar-refractivity contribution in [1.29, 1.82) is 0 Å². The van der Waals surface area contributed by atoms with Crippen molar-refractivity contribution >= 4 is 34.8 Å². The van der Waals surface area contributed by atoms with Crippen LogP contribution in [-0.4, -0.2) is 60.6 Å². The Morgan fingerprint density at radius 2 is 1.81 bits per heavy atom. The summed E-state index contributed by atoms with van der Waals surface area (Å²) in [6.45, 7) is 3.04. The van der Waals surface area contributed by atoms with Gasteiger partial charge in [0.05, 0.1) is 12.8 Å². The van der Waals surface area contributed by atoms with Gasteiger partial charge in [-0.25, -0.2) is 9.40 Å². The lowest BCUT2D eigenvalue weighted by Gasteiger charge is -2.35. The van der Waals surface area contributed by atoms with E-state index in [1.807, 2.05) is 6.07 Å². The number of hydrogen-bond acceptors (Lipinski definition) is 5. The first-order valence-electron chi connectivity index (χ1n) is 10.4. The number of hydrazone groups is 1. The molecule has 0 radical (unpaired) electrons. The number of halogens is 2. The van der Waals surface area contributed by atoms with Gasteiger partial charge in [-0.1, -0.05) is 17.7 Å². The number of amides is 2. The zero-order valence-electron chi connectivity index (χ0n) is 17.8. The lowest BCUT2D eigenvalue weighted by molar-refractivity contribution is -0.126. The van der Waals surface area contributed by atoms with E-state index < -0.39 is 0 Å². The number of benzene rings is 2. The smallest absolute Gasteiger partial charge is 0.270 e. The van der Waals surface area contributed by atoms with E-state index in [-0.39, 0.29) is 29.8 Å². The van der Waals surface area contributed by atoms with Crippen LogP contribution in [0.3, 0.4) is 0 Å². The van der Waals surface area contributed by atoms with Crippen LogP contribution in [-0.2, 0) is 16.1 Å². The zero-order valence-corrected chi connectivity index (χ0v) is 18.5. The molecule has 2 aromatic carbocycles. The first kappa shape index (κ1) is 22.2. The molecule has 0 atom stereocenters. The van der Waals surface area contributed by atoms with E-state index in [1.54, 1.807) is 35.2 Å². The molecule has 0 spiro atoms. The highest BCUT2D eigenvalue weighted by atomic mass is 35.5. The van der Waals surface area contributed by atoms with Crippen molar-refractivity contribution in [2.75, 3.05) is 38.3 Å². The SMILES string of the molecule is COc1ccc(CN2CCN(C(=O)C3=NN(c4ccc(Cl)cc4)C(=O)CC3)CC2)cc1F. The van der Waals surface area contributed by atoms with Crippen molar-refractivity contribution in [3.63, 3.8) is 0 Å². The summed E-state index contributed by atoms with van der Waals surface area (Å²) in [5.41, 5.74) is 1.82. The second kappa shape index (κ2) is 9.67. The number of carbonyl (C=O) groups is 2. The fraction of sp³-hybridized carbons (Fsp3) is 0.348. The third-order valence-corrected chi connectivity index (χ3v) is 5.88. The number of piperazine rings is 1. The Morgan fingerprint density at radius 1 is 1.09 bits per heavy atom. The number of carbonyl (C=O) groups excluding carboxylic acids is 2. The Bertz CT molecular complexity index is 1040. The molecule has 0 unspecified atom stereocenters. The molecule has 1 saturated heterocycles. The highest BCUT2D eigenvalue weighted by Crippen LogP contribution is 2.23. The van der Waals surface area contributed by atoms with Gasteiger partial charge < -0.3 is 9.64 Å². The number of anilines is 1. The normalized spacial score (nSPS) is 17.3. The van der Waals surface area contributed by atoms with Crippen LogP contribution in [0, 0.1) is 5.82 Å². The van der Waals surface area contributed by atoms with E-state index in [1.165, 1.54) is 18.2 Å². The summed E-state index contributed by atoms with van der Waals surface area (Å²) in [5, 5.41) is 6.19. The van der Waals surface area contributed by atoms with Gasteiger partial charge in [-0.3, -0.25) is 14.5 Å². The summed E-state index contributed by atoms with van der Waals surface area (Å²) in [6, 6.07) is 11.7. The molecule has 2 aliphatic rings. The largest absolute Gasteiger partial charge is 0.494 e. The number of rotatable bonds is 5. The number of hydrogen-bond donors (Lipinski definition) is 0. The molecular formula is C23H24ClFN4O3. The summed E-state index contributed by atoms with van der Waals surface area (Å²) in [5.74, 6) is -0.454. The third kappa shape index (κ3) is 4.92. The molecule has 0 bridgehead atoms. The van der Waals surface area contributed by atoms with Crippen LogP contribution in [0.2, 0.25) is 5.02 Å². The molecule has 7 nitrogen and oxygen atoms in total. The minimum absolute atomic E-state index is 0.147. The zero-order chi connectivity index (χ0) is 22.7. The number of ether oxygens (including phenoxy) is 1. The average molecular weight is 459 g/mol. The quantitative estimate of drug-likeness (QED) is 0.689. The fourth-order valence-corrected chi connectivity index (χ4v) is 3.98. The lowest BCUT2D eigenvalue weighted by atomic mass is 10.1. The lowest BCUT2D eigenvalue weighted by Crippen LogP contribution is -2.51. The van der Waals surface area contributed by atoms with Gasteiger partial charge in [0.2, 0.25) is 5.91 Å². The number of methoxy groups -OCH3 is 1. The van der Waals surface area contributed by atoms with Crippen molar-refractivity contribution < 1.29 is 18.7 Å². The second-order valence-corrected chi connectivity index (χ2v) is 8.20. The Morgan fingerprint density at radius 3 is 2.47 bits per heavy atom. The van der Waals surface area contributed by atoms with Crippen molar-refractivity contribution in [2.24, 2.45) is 5.10 Å². The molecule has 9 heteroatoms. The standard InChI is InChI=1S/C23H24ClFN4O3/c1-32-21-8-2-16(14-19(21)25)15-27-10-12-28(13-11-27)23(31)20-7-9-22(30)29(26-20)18-5-3-17(24)4-6-18/h2-6,8,14H,7,9-13,15H2,1H3. The highest BCUT2D eigenvalue weighted by Gasteiger charge is 2.30. The summed E-state index contributed by atoms with van der Waals surface area (Å²) >= 11 is 5.92. The molecule has 0 saturated carbocycles. The Kier molecular flexibility index (Phi) is 6.72. The van der Waals surface area contributed by atoms with Crippen molar-refractivity contribution in [1.82, 2.24) is 9.80 Å². The van der Waals surface area contributed by atoms with Gasteiger partial charge in [-0.15, -0.1) is 0 Å². The number of nitrogens with zero attached hydrogens (tertiary/aromatic N) is 4. The molecule has 1 fully saturated rings. The maximum Gasteiger partial charge on any atom is 0.270 e. The van der Waals surface area contributed by atoms with Gasteiger partial charge in [0.25, 0.3) is 5.91 Å². The molecule has 2 heterocycles. The van der Waals surface area contributed by atoms with Crippen LogP contribution in [0.15, 0.2) is 47.6 Å². The van der Waals surface area contributed by atoms with E-state index >= 15 is 0 Å². The van der Waals surface area contributed by atoms with Crippen LogP contribution in [0.5, 0.6) is 5.75 Å². The summed E-state index contributed by atoms with van der Waals surface area (Å²) in [7, 11) is 1.44. The molecule has 4 rings (SSSR count). The maximum atomic E-state index is 13.9. The monoisotopic (exact) mass is 458 g/mol. The third-order valence-electron chi connectivity index (χ3n) is 5.63. The van der Waals surface area contributed by atoms with Gasteiger partial charge in [0, 0.05) is 50.6 Å². The van der Waals surface area contributed by atoms with Gasteiger partial charge >= 0.3 is 0 Å². The maximum absolute atomic E-state index is 13.9. The van der Waals surface area contributed by atoms with E-state index in [2.05, 4.69) is 10.0 Å². The van der Waals surface area contributed by atoms with Gasteiger partial charge in [0.1, 0.15) is 5.71 Å². The summed E-state index contributed by atoms with van der Waals surface area (Å²) in [6.07, 6.45) is 0.559. The highest BCUT2D eigenvalue weighted by molar-refractivity contribution is 6.40. The molecule has 0 aromatic heterocycles. The Labute approximate surface area is 191 Å². The minimum Gasteiger partial charge on any atom is -0.494 e.